The minimum atomic E-state index is -0.313. The van der Waals surface area contributed by atoms with Crippen molar-refractivity contribution < 1.29 is 19.1 Å². The molecule has 3 rings (SSSR count). The predicted molar refractivity (Wildman–Crippen MR) is 95.3 cm³/mol. The van der Waals surface area contributed by atoms with Crippen LogP contribution in [0.3, 0.4) is 0 Å². The molecule has 0 radical (unpaired) electrons. The molecule has 2 aromatic rings. The van der Waals surface area contributed by atoms with Crippen LogP contribution >= 0.6 is 0 Å². The Labute approximate surface area is 147 Å². The standard InChI is InChI=1S/C20H21NO4/c1-3-4-20(23)21-14-7-10-18-16(11-14)17(22)12-19(25-18)13-5-8-15(24-2)9-6-13/h5-11,19H,3-4,12H2,1-2H3,(H,21,23)/t19-/m0/s1. The van der Waals surface area contributed by atoms with Gasteiger partial charge in [-0.2, -0.15) is 0 Å². The third-order valence-electron chi connectivity index (χ3n) is 4.17. The van der Waals surface area contributed by atoms with E-state index < -0.39 is 0 Å². The van der Waals surface area contributed by atoms with Crippen LogP contribution < -0.4 is 14.8 Å². The van der Waals surface area contributed by atoms with Gasteiger partial charge in [0.2, 0.25) is 5.91 Å². The van der Waals surface area contributed by atoms with Crippen LogP contribution in [-0.2, 0) is 4.79 Å². The number of rotatable bonds is 5. The van der Waals surface area contributed by atoms with Gasteiger partial charge in [0.1, 0.15) is 17.6 Å². The topological polar surface area (TPSA) is 64.6 Å². The molecule has 0 spiro atoms. The van der Waals surface area contributed by atoms with Gasteiger partial charge < -0.3 is 14.8 Å². The summed E-state index contributed by atoms with van der Waals surface area (Å²) in [6.07, 6.45) is 1.20. The maximum atomic E-state index is 12.5. The number of anilines is 1. The van der Waals surface area contributed by atoms with Gasteiger partial charge in [-0.1, -0.05) is 19.1 Å². The first kappa shape index (κ1) is 17.0. The Morgan fingerprint density at radius 3 is 2.68 bits per heavy atom. The fraction of sp³-hybridized carbons (Fsp3) is 0.300. The number of fused-ring (bicyclic) bond motifs is 1. The maximum Gasteiger partial charge on any atom is 0.224 e. The summed E-state index contributed by atoms with van der Waals surface area (Å²) < 4.78 is 11.1. The fourth-order valence-electron chi connectivity index (χ4n) is 2.86. The van der Waals surface area contributed by atoms with E-state index in [1.807, 2.05) is 31.2 Å². The van der Waals surface area contributed by atoms with Crippen molar-refractivity contribution in [2.24, 2.45) is 0 Å². The fourth-order valence-corrected chi connectivity index (χ4v) is 2.86. The summed E-state index contributed by atoms with van der Waals surface area (Å²) in [4.78, 5) is 24.3. The number of Topliss-reactive ketones (excluding diaryl/α,β-unsaturated/α-hetero) is 1. The van der Waals surface area contributed by atoms with Gasteiger partial charge >= 0.3 is 0 Å². The minimum Gasteiger partial charge on any atom is -0.497 e. The van der Waals surface area contributed by atoms with E-state index in [0.29, 0.717) is 23.4 Å². The van der Waals surface area contributed by atoms with Gasteiger partial charge in [-0.3, -0.25) is 9.59 Å². The lowest BCUT2D eigenvalue weighted by Gasteiger charge is -2.26. The van der Waals surface area contributed by atoms with E-state index in [9.17, 15) is 9.59 Å². The molecule has 5 heteroatoms. The monoisotopic (exact) mass is 339 g/mol. The van der Waals surface area contributed by atoms with Gasteiger partial charge in [-0.05, 0) is 42.3 Å². The molecule has 0 fully saturated rings. The van der Waals surface area contributed by atoms with Crippen molar-refractivity contribution in [3.8, 4) is 11.5 Å². The average molecular weight is 339 g/mol. The molecule has 1 heterocycles. The van der Waals surface area contributed by atoms with Crippen LogP contribution in [-0.4, -0.2) is 18.8 Å². The average Bonchev–Trinajstić information content (AvgIpc) is 2.62. The van der Waals surface area contributed by atoms with Crippen molar-refractivity contribution in [1.82, 2.24) is 0 Å². The van der Waals surface area contributed by atoms with Gasteiger partial charge in [-0.25, -0.2) is 0 Å². The number of ketones is 1. The lowest BCUT2D eigenvalue weighted by atomic mass is 9.96. The number of benzene rings is 2. The molecular weight excluding hydrogens is 318 g/mol. The molecule has 5 nitrogen and oxygen atoms in total. The Bertz CT molecular complexity index is 783. The second-order valence-electron chi connectivity index (χ2n) is 6.02. The number of ether oxygens (including phenoxy) is 2. The van der Waals surface area contributed by atoms with Crippen LogP contribution in [0.1, 0.15) is 48.2 Å². The van der Waals surface area contributed by atoms with Crippen molar-refractivity contribution in [3.63, 3.8) is 0 Å². The predicted octanol–water partition coefficient (Wildman–Crippen LogP) is 4.14. The van der Waals surface area contributed by atoms with E-state index in [0.717, 1.165) is 17.7 Å². The highest BCUT2D eigenvalue weighted by Gasteiger charge is 2.28. The number of carbonyl (C=O) groups is 2. The Morgan fingerprint density at radius 2 is 2.00 bits per heavy atom. The summed E-state index contributed by atoms with van der Waals surface area (Å²) in [6, 6.07) is 12.7. The molecule has 2 aromatic carbocycles. The molecule has 0 saturated heterocycles. The molecule has 25 heavy (non-hydrogen) atoms. The zero-order valence-electron chi connectivity index (χ0n) is 14.4. The van der Waals surface area contributed by atoms with E-state index in [2.05, 4.69) is 5.32 Å². The Kier molecular flexibility index (Phi) is 5.03. The first-order chi connectivity index (χ1) is 12.1. The number of nitrogens with one attached hydrogen (secondary N) is 1. The lowest BCUT2D eigenvalue weighted by Crippen LogP contribution is -2.21. The second kappa shape index (κ2) is 7.38. The normalized spacial score (nSPS) is 15.9. The van der Waals surface area contributed by atoms with Crippen LogP contribution in [0.15, 0.2) is 42.5 Å². The van der Waals surface area contributed by atoms with Gasteiger partial charge in [0.05, 0.1) is 19.1 Å². The molecule has 0 aliphatic carbocycles. The third kappa shape index (κ3) is 3.82. The van der Waals surface area contributed by atoms with Crippen molar-refractivity contribution >= 4 is 17.4 Å². The summed E-state index contributed by atoms with van der Waals surface area (Å²) in [5.74, 6) is 1.26. The molecular formula is C20H21NO4. The molecule has 0 saturated carbocycles. The highest BCUT2D eigenvalue weighted by Crippen LogP contribution is 2.36. The molecule has 1 aliphatic heterocycles. The van der Waals surface area contributed by atoms with Gasteiger partial charge in [0.25, 0.3) is 0 Å². The first-order valence-electron chi connectivity index (χ1n) is 8.38. The molecule has 0 bridgehead atoms. The molecule has 0 unspecified atom stereocenters. The zero-order chi connectivity index (χ0) is 17.8. The minimum absolute atomic E-state index is 0.00802. The smallest absolute Gasteiger partial charge is 0.224 e. The largest absolute Gasteiger partial charge is 0.497 e. The number of methoxy groups -OCH3 is 1. The van der Waals surface area contributed by atoms with Crippen molar-refractivity contribution in [2.75, 3.05) is 12.4 Å². The van der Waals surface area contributed by atoms with E-state index >= 15 is 0 Å². The SMILES string of the molecule is CCCC(=O)Nc1ccc2c(c1)C(=O)C[C@@H](c1ccc(OC)cc1)O2. The Hall–Kier alpha value is -2.82. The molecule has 0 aromatic heterocycles. The van der Waals surface area contributed by atoms with Crippen molar-refractivity contribution in [1.29, 1.82) is 0 Å². The molecule has 130 valence electrons. The summed E-state index contributed by atoms with van der Waals surface area (Å²) >= 11 is 0. The van der Waals surface area contributed by atoms with E-state index in [-0.39, 0.29) is 24.2 Å². The van der Waals surface area contributed by atoms with Crippen molar-refractivity contribution in [2.45, 2.75) is 32.3 Å². The molecule has 1 aliphatic rings. The second-order valence-corrected chi connectivity index (χ2v) is 6.02. The highest BCUT2D eigenvalue weighted by atomic mass is 16.5. The van der Waals surface area contributed by atoms with Crippen LogP contribution in [0, 0.1) is 0 Å². The van der Waals surface area contributed by atoms with E-state index in [1.54, 1.807) is 25.3 Å². The molecule has 1 N–H and O–H groups in total. The first-order valence-corrected chi connectivity index (χ1v) is 8.38. The quantitative estimate of drug-likeness (QED) is 0.889. The van der Waals surface area contributed by atoms with Crippen LogP contribution in [0.5, 0.6) is 11.5 Å². The Balaban J connectivity index is 1.78. The highest BCUT2D eigenvalue weighted by molar-refractivity contribution is 6.02. The summed E-state index contributed by atoms with van der Waals surface area (Å²) in [5, 5.41) is 2.81. The Morgan fingerprint density at radius 1 is 1.24 bits per heavy atom. The van der Waals surface area contributed by atoms with Gasteiger partial charge in [0, 0.05) is 12.1 Å². The molecule has 1 atom stereocenters. The lowest BCUT2D eigenvalue weighted by molar-refractivity contribution is -0.116. The number of hydrogen-bond donors (Lipinski definition) is 1. The molecule has 1 amide bonds. The summed E-state index contributed by atoms with van der Waals surface area (Å²) in [6.45, 7) is 1.95. The number of hydrogen-bond acceptors (Lipinski definition) is 4. The van der Waals surface area contributed by atoms with Gasteiger partial charge in [-0.15, -0.1) is 0 Å². The van der Waals surface area contributed by atoms with Crippen LogP contribution in [0.25, 0.3) is 0 Å². The van der Waals surface area contributed by atoms with Gasteiger partial charge in [0.15, 0.2) is 5.78 Å². The van der Waals surface area contributed by atoms with Crippen molar-refractivity contribution in [3.05, 3.63) is 53.6 Å². The summed E-state index contributed by atoms with van der Waals surface area (Å²) in [5.41, 5.74) is 2.07. The van der Waals surface area contributed by atoms with Crippen LogP contribution in [0.2, 0.25) is 0 Å². The van der Waals surface area contributed by atoms with Crippen LogP contribution in [0.4, 0.5) is 5.69 Å². The number of carbonyl (C=O) groups excluding carboxylic acids is 2. The third-order valence-corrected chi connectivity index (χ3v) is 4.17. The maximum absolute atomic E-state index is 12.5. The zero-order valence-corrected chi connectivity index (χ0v) is 14.4. The van der Waals surface area contributed by atoms with E-state index in [4.69, 9.17) is 9.47 Å². The number of amides is 1. The summed E-state index contributed by atoms with van der Waals surface area (Å²) in [7, 11) is 1.61. The van der Waals surface area contributed by atoms with E-state index in [1.165, 1.54) is 0 Å².